The van der Waals surface area contributed by atoms with Crippen LogP contribution in [0.1, 0.15) is 24.2 Å². The van der Waals surface area contributed by atoms with Gasteiger partial charge in [-0.1, -0.05) is 13.8 Å². The molecule has 0 fully saturated rings. The normalized spacial score (nSPS) is 11.2. The molecule has 0 unspecified atom stereocenters. The van der Waals surface area contributed by atoms with Gasteiger partial charge in [0.1, 0.15) is 11.6 Å². The Morgan fingerprint density at radius 3 is 2.45 bits per heavy atom. The highest BCUT2D eigenvalue weighted by Crippen LogP contribution is 2.17. The summed E-state index contributed by atoms with van der Waals surface area (Å²) in [6.07, 6.45) is 0. The predicted molar refractivity (Wildman–Crippen MR) is 77.4 cm³/mol. The highest BCUT2D eigenvalue weighted by molar-refractivity contribution is 5.94. The van der Waals surface area contributed by atoms with E-state index in [0.29, 0.717) is 19.0 Å². The minimum absolute atomic E-state index is 0.00204. The van der Waals surface area contributed by atoms with Crippen LogP contribution in [-0.4, -0.2) is 54.5 Å². The summed E-state index contributed by atoms with van der Waals surface area (Å²) in [6.45, 7) is 5.88. The van der Waals surface area contributed by atoms with E-state index in [1.54, 1.807) is 4.90 Å². The van der Waals surface area contributed by atoms with Crippen LogP contribution >= 0.6 is 0 Å². The number of halogens is 1. The number of amides is 1. The lowest BCUT2D eigenvalue weighted by Crippen LogP contribution is -2.39. The van der Waals surface area contributed by atoms with E-state index < -0.39 is 5.82 Å². The summed E-state index contributed by atoms with van der Waals surface area (Å²) < 4.78 is 13.8. The van der Waals surface area contributed by atoms with Gasteiger partial charge in [-0.05, 0) is 32.1 Å². The van der Waals surface area contributed by atoms with Gasteiger partial charge in [0.15, 0.2) is 0 Å². The summed E-state index contributed by atoms with van der Waals surface area (Å²) in [5.41, 5.74) is 0.00204. The van der Waals surface area contributed by atoms with Crippen molar-refractivity contribution in [2.45, 2.75) is 13.8 Å². The van der Waals surface area contributed by atoms with Crippen LogP contribution < -0.4 is 0 Å². The van der Waals surface area contributed by atoms with Gasteiger partial charge < -0.3 is 14.9 Å². The Morgan fingerprint density at radius 1 is 1.30 bits per heavy atom. The van der Waals surface area contributed by atoms with Crippen molar-refractivity contribution in [3.8, 4) is 5.75 Å². The first kappa shape index (κ1) is 16.4. The number of carbonyl (C=O) groups is 1. The average Bonchev–Trinajstić information content (AvgIpc) is 2.33. The molecule has 0 radical (unpaired) electrons. The molecule has 20 heavy (non-hydrogen) atoms. The average molecular weight is 282 g/mol. The van der Waals surface area contributed by atoms with Gasteiger partial charge in [-0.25, -0.2) is 4.39 Å². The highest BCUT2D eigenvalue weighted by Gasteiger charge is 2.20. The summed E-state index contributed by atoms with van der Waals surface area (Å²) >= 11 is 0. The van der Waals surface area contributed by atoms with Crippen molar-refractivity contribution in [2.75, 3.05) is 33.7 Å². The van der Waals surface area contributed by atoms with E-state index in [1.807, 2.05) is 32.8 Å². The molecular weight excluding hydrogens is 259 g/mol. The molecule has 1 amide bonds. The number of phenols is 1. The maximum atomic E-state index is 13.8. The summed E-state index contributed by atoms with van der Waals surface area (Å²) in [4.78, 5) is 16.0. The smallest absolute Gasteiger partial charge is 0.256 e. The molecule has 5 heteroatoms. The minimum atomic E-state index is -0.686. The number of likely N-dealkylation sites (N-methyl/N-ethyl adjacent to an activating group) is 1. The topological polar surface area (TPSA) is 43.8 Å². The summed E-state index contributed by atoms with van der Waals surface area (Å²) in [5, 5.41) is 9.21. The first-order valence-electron chi connectivity index (χ1n) is 6.73. The number of nitrogens with zero attached hydrogens (tertiary/aromatic N) is 2. The van der Waals surface area contributed by atoms with Gasteiger partial charge in [0.2, 0.25) is 0 Å². The summed E-state index contributed by atoms with van der Waals surface area (Å²) in [6, 6.07) is 3.62. The molecule has 112 valence electrons. The third kappa shape index (κ3) is 4.81. The molecule has 1 rings (SSSR count). The Labute approximate surface area is 119 Å². The van der Waals surface area contributed by atoms with Gasteiger partial charge in [0, 0.05) is 25.7 Å². The standard InChI is InChI=1S/C15H23FN2O2/c1-11(2)10-18(8-7-17(3)4)15(20)13-6-5-12(19)9-14(13)16/h5-6,9,11,19H,7-8,10H2,1-4H3. The highest BCUT2D eigenvalue weighted by atomic mass is 19.1. The Hall–Kier alpha value is -1.62. The maximum absolute atomic E-state index is 13.8. The number of rotatable bonds is 6. The number of aromatic hydroxyl groups is 1. The molecule has 0 spiro atoms. The van der Waals surface area contributed by atoms with Crippen LogP contribution in [0, 0.1) is 11.7 Å². The van der Waals surface area contributed by atoms with E-state index in [1.165, 1.54) is 12.1 Å². The number of phenolic OH excluding ortho intramolecular Hbond substituents is 1. The van der Waals surface area contributed by atoms with E-state index >= 15 is 0 Å². The lowest BCUT2D eigenvalue weighted by molar-refractivity contribution is 0.0720. The number of hydrogen-bond acceptors (Lipinski definition) is 3. The fourth-order valence-electron chi connectivity index (χ4n) is 1.89. The number of hydrogen-bond donors (Lipinski definition) is 1. The second-order valence-corrected chi connectivity index (χ2v) is 5.61. The molecule has 1 aromatic carbocycles. The monoisotopic (exact) mass is 282 g/mol. The maximum Gasteiger partial charge on any atom is 0.256 e. The summed E-state index contributed by atoms with van der Waals surface area (Å²) in [5.74, 6) is -0.893. The van der Waals surface area contributed by atoms with Gasteiger partial charge in [-0.3, -0.25) is 4.79 Å². The molecule has 0 aliphatic heterocycles. The molecule has 4 nitrogen and oxygen atoms in total. The van der Waals surface area contributed by atoms with Gasteiger partial charge in [0.25, 0.3) is 5.91 Å². The molecule has 1 N–H and O–H groups in total. The second-order valence-electron chi connectivity index (χ2n) is 5.61. The Kier molecular flexibility index (Phi) is 5.95. The first-order valence-corrected chi connectivity index (χ1v) is 6.73. The fraction of sp³-hybridized carbons (Fsp3) is 0.533. The molecule has 0 heterocycles. The van der Waals surface area contributed by atoms with Gasteiger partial charge in [-0.2, -0.15) is 0 Å². The lowest BCUT2D eigenvalue weighted by atomic mass is 10.1. The molecule has 0 saturated carbocycles. The van der Waals surface area contributed by atoms with Crippen molar-refractivity contribution in [3.63, 3.8) is 0 Å². The van der Waals surface area contributed by atoms with Crippen molar-refractivity contribution < 1.29 is 14.3 Å². The summed E-state index contributed by atoms with van der Waals surface area (Å²) in [7, 11) is 3.86. The quantitative estimate of drug-likeness (QED) is 0.870. The van der Waals surface area contributed by atoms with Crippen LogP contribution in [0.5, 0.6) is 5.75 Å². The zero-order valence-electron chi connectivity index (χ0n) is 12.6. The van der Waals surface area contributed by atoms with E-state index in [2.05, 4.69) is 0 Å². The number of benzene rings is 1. The van der Waals surface area contributed by atoms with Crippen LogP contribution in [0.25, 0.3) is 0 Å². The van der Waals surface area contributed by atoms with Crippen LogP contribution in [0.4, 0.5) is 4.39 Å². The molecule has 0 aliphatic rings. The lowest BCUT2D eigenvalue weighted by Gasteiger charge is -2.26. The molecule has 0 aromatic heterocycles. The van der Waals surface area contributed by atoms with Crippen molar-refractivity contribution in [3.05, 3.63) is 29.6 Å². The second kappa shape index (κ2) is 7.24. The van der Waals surface area contributed by atoms with Crippen LogP contribution in [0.3, 0.4) is 0 Å². The zero-order chi connectivity index (χ0) is 15.3. The van der Waals surface area contributed by atoms with E-state index in [-0.39, 0.29) is 17.2 Å². The van der Waals surface area contributed by atoms with Crippen molar-refractivity contribution in [2.24, 2.45) is 5.92 Å². The fourth-order valence-corrected chi connectivity index (χ4v) is 1.89. The zero-order valence-corrected chi connectivity index (χ0v) is 12.6. The van der Waals surface area contributed by atoms with Crippen molar-refractivity contribution >= 4 is 5.91 Å². The molecule has 0 bridgehead atoms. The minimum Gasteiger partial charge on any atom is -0.508 e. The molecule has 0 atom stereocenters. The van der Waals surface area contributed by atoms with E-state index in [9.17, 15) is 14.3 Å². The third-order valence-electron chi connectivity index (χ3n) is 2.87. The SMILES string of the molecule is CC(C)CN(CCN(C)C)C(=O)c1ccc(O)cc1F. The first-order chi connectivity index (χ1) is 9.31. The van der Waals surface area contributed by atoms with Gasteiger partial charge in [-0.15, -0.1) is 0 Å². The largest absolute Gasteiger partial charge is 0.508 e. The van der Waals surface area contributed by atoms with Crippen LogP contribution in [0.2, 0.25) is 0 Å². The molecule has 1 aromatic rings. The predicted octanol–water partition coefficient (Wildman–Crippen LogP) is 2.19. The van der Waals surface area contributed by atoms with E-state index in [0.717, 1.165) is 12.6 Å². The molecule has 0 aliphatic carbocycles. The van der Waals surface area contributed by atoms with Gasteiger partial charge >= 0.3 is 0 Å². The third-order valence-corrected chi connectivity index (χ3v) is 2.87. The Balaban J connectivity index is 2.90. The Bertz CT molecular complexity index is 461. The molecular formula is C15H23FN2O2. The van der Waals surface area contributed by atoms with Crippen LogP contribution in [-0.2, 0) is 0 Å². The Morgan fingerprint density at radius 2 is 1.95 bits per heavy atom. The van der Waals surface area contributed by atoms with Crippen molar-refractivity contribution in [1.82, 2.24) is 9.80 Å². The van der Waals surface area contributed by atoms with Gasteiger partial charge in [0.05, 0.1) is 5.56 Å². The van der Waals surface area contributed by atoms with E-state index in [4.69, 9.17) is 0 Å². The molecule has 0 saturated heterocycles. The van der Waals surface area contributed by atoms with Crippen molar-refractivity contribution in [1.29, 1.82) is 0 Å². The number of carbonyl (C=O) groups excluding carboxylic acids is 1. The van der Waals surface area contributed by atoms with Crippen LogP contribution in [0.15, 0.2) is 18.2 Å².